The number of hydrogen-bond acceptors (Lipinski definition) is 3. The number of benzene rings is 1. The largest absolute Gasteiger partial charge is 0.316 e. The van der Waals surface area contributed by atoms with Crippen molar-refractivity contribution in [2.24, 2.45) is 11.8 Å². The van der Waals surface area contributed by atoms with E-state index >= 15 is 0 Å². The summed E-state index contributed by atoms with van der Waals surface area (Å²) in [7, 11) is -1.91. The van der Waals surface area contributed by atoms with Gasteiger partial charge in [-0.3, -0.25) is 0 Å². The van der Waals surface area contributed by atoms with Gasteiger partial charge in [-0.25, -0.2) is 12.8 Å². The van der Waals surface area contributed by atoms with Crippen molar-refractivity contribution in [2.45, 2.75) is 31.7 Å². The average Bonchev–Trinajstić information content (AvgIpc) is 2.40. The number of rotatable bonds is 4. The lowest BCUT2D eigenvalue weighted by Gasteiger charge is -2.34. The van der Waals surface area contributed by atoms with Gasteiger partial charge in [0.25, 0.3) is 0 Å². The van der Waals surface area contributed by atoms with Crippen LogP contribution in [-0.2, 0) is 16.6 Å². The van der Waals surface area contributed by atoms with E-state index in [2.05, 4.69) is 19.2 Å². The molecular weight excluding hydrogens is 291 g/mol. The van der Waals surface area contributed by atoms with Crippen LogP contribution in [0, 0.1) is 17.7 Å². The number of piperidine rings is 1. The number of sulfonamides is 1. The van der Waals surface area contributed by atoms with Crippen LogP contribution in [0.3, 0.4) is 0 Å². The van der Waals surface area contributed by atoms with E-state index in [1.54, 1.807) is 7.05 Å². The fraction of sp³-hybridized carbons (Fsp3) is 0.600. The molecule has 1 aliphatic rings. The molecule has 1 aliphatic heterocycles. The lowest BCUT2D eigenvalue weighted by Crippen LogP contribution is -2.42. The molecule has 0 bridgehead atoms. The smallest absolute Gasteiger partial charge is 0.243 e. The molecule has 1 saturated heterocycles. The zero-order chi connectivity index (χ0) is 15.6. The molecule has 0 saturated carbocycles. The highest BCUT2D eigenvalue weighted by atomic mass is 32.2. The van der Waals surface area contributed by atoms with Crippen LogP contribution >= 0.6 is 0 Å². The van der Waals surface area contributed by atoms with E-state index in [0.29, 0.717) is 37.0 Å². The second-order valence-corrected chi connectivity index (χ2v) is 7.96. The van der Waals surface area contributed by atoms with Crippen LogP contribution in [0.1, 0.15) is 25.8 Å². The maximum atomic E-state index is 13.5. The van der Waals surface area contributed by atoms with Crippen molar-refractivity contribution in [2.75, 3.05) is 20.1 Å². The molecule has 4 nitrogen and oxygen atoms in total. The fourth-order valence-corrected chi connectivity index (χ4v) is 4.96. The summed E-state index contributed by atoms with van der Waals surface area (Å²) in [5, 5.41) is 2.93. The van der Waals surface area contributed by atoms with Gasteiger partial charge in [0.15, 0.2) is 0 Å². The maximum absolute atomic E-state index is 13.5. The van der Waals surface area contributed by atoms with Crippen LogP contribution in [-0.4, -0.2) is 32.9 Å². The molecule has 2 atom stereocenters. The summed E-state index contributed by atoms with van der Waals surface area (Å²) in [6.07, 6.45) is 1.03. The minimum absolute atomic E-state index is 0.0816. The molecule has 1 aromatic carbocycles. The monoisotopic (exact) mass is 314 g/mol. The SMILES string of the molecule is CNCc1ccc(F)cc1S(=O)(=O)N1CC(C)CC(C)C1. The van der Waals surface area contributed by atoms with Gasteiger partial charge < -0.3 is 5.32 Å². The van der Waals surface area contributed by atoms with Crippen molar-refractivity contribution in [1.82, 2.24) is 9.62 Å². The Balaban J connectivity index is 2.41. The number of nitrogens with zero attached hydrogens (tertiary/aromatic N) is 1. The normalized spacial score (nSPS) is 24.2. The van der Waals surface area contributed by atoms with E-state index in [4.69, 9.17) is 0 Å². The second-order valence-electron chi connectivity index (χ2n) is 6.05. The highest BCUT2D eigenvalue weighted by molar-refractivity contribution is 7.89. The van der Waals surface area contributed by atoms with E-state index in [-0.39, 0.29) is 4.90 Å². The van der Waals surface area contributed by atoms with Crippen molar-refractivity contribution in [3.8, 4) is 0 Å². The van der Waals surface area contributed by atoms with Crippen LogP contribution in [0.2, 0.25) is 0 Å². The van der Waals surface area contributed by atoms with E-state index in [1.807, 2.05) is 0 Å². The van der Waals surface area contributed by atoms with Gasteiger partial charge in [0.2, 0.25) is 10.0 Å². The third-order valence-electron chi connectivity index (χ3n) is 3.85. The van der Waals surface area contributed by atoms with Crippen LogP contribution in [0.5, 0.6) is 0 Å². The third kappa shape index (κ3) is 3.62. The average molecular weight is 314 g/mol. The number of halogens is 1. The first-order valence-electron chi connectivity index (χ1n) is 7.27. The predicted molar refractivity (Wildman–Crippen MR) is 80.9 cm³/mol. The molecular formula is C15H23FN2O2S. The number of hydrogen-bond donors (Lipinski definition) is 1. The van der Waals surface area contributed by atoms with Gasteiger partial charge >= 0.3 is 0 Å². The molecule has 1 aromatic rings. The summed E-state index contributed by atoms with van der Waals surface area (Å²) in [5.41, 5.74) is 0.602. The summed E-state index contributed by atoms with van der Waals surface area (Å²) >= 11 is 0. The lowest BCUT2D eigenvalue weighted by molar-refractivity contribution is 0.222. The van der Waals surface area contributed by atoms with Gasteiger partial charge in [0.1, 0.15) is 5.82 Å². The molecule has 2 rings (SSSR count). The van der Waals surface area contributed by atoms with Crippen LogP contribution in [0.15, 0.2) is 23.1 Å². The van der Waals surface area contributed by atoms with Gasteiger partial charge in [-0.2, -0.15) is 4.31 Å². The van der Waals surface area contributed by atoms with E-state index in [1.165, 1.54) is 16.4 Å². The highest BCUT2D eigenvalue weighted by Crippen LogP contribution is 2.28. The van der Waals surface area contributed by atoms with Crippen LogP contribution in [0.25, 0.3) is 0 Å². The molecule has 6 heteroatoms. The first-order valence-corrected chi connectivity index (χ1v) is 8.71. The van der Waals surface area contributed by atoms with Crippen molar-refractivity contribution in [3.63, 3.8) is 0 Å². The summed E-state index contributed by atoms with van der Waals surface area (Å²) in [5.74, 6) is 0.126. The Hall–Kier alpha value is -0.980. The van der Waals surface area contributed by atoms with E-state index in [0.717, 1.165) is 12.5 Å². The van der Waals surface area contributed by atoms with Crippen LogP contribution in [0.4, 0.5) is 4.39 Å². The molecule has 118 valence electrons. The molecule has 1 heterocycles. The first kappa shape index (κ1) is 16.4. The molecule has 0 amide bonds. The maximum Gasteiger partial charge on any atom is 0.243 e. The Morgan fingerprint density at radius 3 is 2.48 bits per heavy atom. The first-order chi connectivity index (χ1) is 9.84. The molecule has 1 fully saturated rings. The lowest BCUT2D eigenvalue weighted by atomic mass is 9.94. The summed E-state index contributed by atoms with van der Waals surface area (Å²) in [6.45, 7) is 5.51. The third-order valence-corrected chi connectivity index (χ3v) is 5.76. The molecule has 0 aromatic heterocycles. The Bertz CT molecular complexity index is 594. The summed E-state index contributed by atoms with van der Waals surface area (Å²) in [4.78, 5) is 0.0816. The van der Waals surface area contributed by atoms with Crippen LogP contribution < -0.4 is 5.32 Å². The zero-order valence-corrected chi connectivity index (χ0v) is 13.6. The Morgan fingerprint density at radius 2 is 1.90 bits per heavy atom. The summed E-state index contributed by atoms with van der Waals surface area (Å²) < 4.78 is 40.8. The van der Waals surface area contributed by atoms with E-state index in [9.17, 15) is 12.8 Å². The van der Waals surface area contributed by atoms with Crippen molar-refractivity contribution >= 4 is 10.0 Å². The van der Waals surface area contributed by atoms with Crippen molar-refractivity contribution in [3.05, 3.63) is 29.6 Å². The molecule has 0 aliphatic carbocycles. The molecule has 0 radical (unpaired) electrons. The summed E-state index contributed by atoms with van der Waals surface area (Å²) in [6, 6.07) is 3.97. The van der Waals surface area contributed by atoms with Crippen molar-refractivity contribution in [1.29, 1.82) is 0 Å². The topological polar surface area (TPSA) is 49.4 Å². The van der Waals surface area contributed by atoms with Gasteiger partial charge in [-0.1, -0.05) is 19.9 Å². The Morgan fingerprint density at radius 1 is 1.29 bits per heavy atom. The molecule has 1 N–H and O–H groups in total. The Labute approximate surface area is 126 Å². The van der Waals surface area contributed by atoms with E-state index < -0.39 is 15.8 Å². The van der Waals surface area contributed by atoms with Gasteiger partial charge in [-0.15, -0.1) is 0 Å². The minimum atomic E-state index is -3.65. The van der Waals surface area contributed by atoms with Gasteiger partial charge in [-0.05, 0) is 43.0 Å². The fourth-order valence-electron chi connectivity index (χ4n) is 3.05. The highest BCUT2D eigenvalue weighted by Gasteiger charge is 2.33. The number of nitrogens with one attached hydrogen (secondary N) is 1. The zero-order valence-electron chi connectivity index (χ0n) is 12.8. The molecule has 2 unspecified atom stereocenters. The molecule has 21 heavy (non-hydrogen) atoms. The second kappa shape index (κ2) is 6.42. The van der Waals surface area contributed by atoms with Gasteiger partial charge in [0, 0.05) is 19.6 Å². The Kier molecular flexibility index (Phi) is 5.01. The van der Waals surface area contributed by atoms with Gasteiger partial charge in [0.05, 0.1) is 4.90 Å². The van der Waals surface area contributed by atoms with Crippen molar-refractivity contribution < 1.29 is 12.8 Å². The quantitative estimate of drug-likeness (QED) is 0.927. The molecule has 0 spiro atoms. The standard InChI is InChI=1S/C15H23FN2O2S/c1-11-6-12(2)10-18(9-11)21(19,20)15-7-14(16)5-4-13(15)8-17-3/h4-5,7,11-12,17H,6,8-10H2,1-3H3. The predicted octanol–water partition coefficient (Wildman–Crippen LogP) is 2.21. The minimum Gasteiger partial charge on any atom is -0.316 e.